The van der Waals surface area contributed by atoms with E-state index in [0.717, 1.165) is 12.1 Å². The fourth-order valence-corrected chi connectivity index (χ4v) is 3.35. The van der Waals surface area contributed by atoms with Crippen LogP contribution in [0.5, 0.6) is 0 Å². The first-order valence-corrected chi connectivity index (χ1v) is 10.5. The molecule has 2 atom stereocenters. The standard InChI is InChI=1S/C22H22Cl2F2N2O4/c1-12(16-7-5-14(23)10-18(16)24)28-21(30)13(2)32-20(29)4-3-9-27-22(31)17-8-6-15(25)11-19(17)26/h5-8,10-13H,3-4,9H2,1-2H3,(H,27,31)(H,28,30). The van der Waals surface area contributed by atoms with E-state index in [2.05, 4.69) is 10.6 Å². The van der Waals surface area contributed by atoms with Crippen molar-refractivity contribution in [2.45, 2.75) is 38.8 Å². The molecular weight excluding hydrogens is 465 g/mol. The molecule has 2 N–H and O–H groups in total. The molecule has 0 aliphatic heterocycles. The van der Waals surface area contributed by atoms with Crippen molar-refractivity contribution < 1.29 is 27.9 Å². The van der Waals surface area contributed by atoms with Crippen LogP contribution in [-0.4, -0.2) is 30.4 Å². The molecule has 0 radical (unpaired) electrons. The number of halogens is 4. The van der Waals surface area contributed by atoms with Crippen LogP contribution >= 0.6 is 23.2 Å². The Bertz CT molecular complexity index is 1000. The van der Waals surface area contributed by atoms with E-state index < -0.39 is 41.6 Å². The molecule has 0 aliphatic carbocycles. The molecule has 2 aromatic carbocycles. The number of nitrogens with one attached hydrogen (secondary N) is 2. The molecule has 2 rings (SSSR count). The Morgan fingerprint density at radius 1 is 1.06 bits per heavy atom. The first kappa shape index (κ1) is 25.5. The van der Waals surface area contributed by atoms with Gasteiger partial charge in [-0.25, -0.2) is 8.78 Å². The maximum Gasteiger partial charge on any atom is 0.306 e. The molecule has 0 spiro atoms. The molecule has 0 heterocycles. The van der Waals surface area contributed by atoms with Gasteiger partial charge in [0.05, 0.1) is 11.6 Å². The Hall–Kier alpha value is -2.71. The zero-order valence-electron chi connectivity index (χ0n) is 17.4. The third kappa shape index (κ3) is 7.46. The third-order valence-corrected chi connectivity index (χ3v) is 5.05. The predicted octanol–water partition coefficient (Wildman–Crippen LogP) is 4.59. The Kier molecular flexibility index (Phi) is 9.41. The summed E-state index contributed by atoms with van der Waals surface area (Å²) in [6.07, 6.45) is -0.903. The number of carbonyl (C=O) groups excluding carboxylic acids is 3. The molecule has 2 aromatic rings. The molecule has 0 bridgehead atoms. The van der Waals surface area contributed by atoms with Crippen LogP contribution in [-0.2, 0) is 14.3 Å². The Labute approximate surface area is 194 Å². The topological polar surface area (TPSA) is 84.5 Å². The van der Waals surface area contributed by atoms with Gasteiger partial charge in [-0.05, 0) is 50.1 Å². The van der Waals surface area contributed by atoms with Gasteiger partial charge in [0.15, 0.2) is 6.10 Å². The van der Waals surface area contributed by atoms with E-state index in [1.165, 1.54) is 6.92 Å². The lowest BCUT2D eigenvalue weighted by molar-refractivity contribution is -0.155. The summed E-state index contributed by atoms with van der Waals surface area (Å²) >= 11 is 12.0. The average molecular weight is 487 g/mol. The SMILES string of the molecule is CC(OC(=O)CCCNC(=O)c1ccc(F)cc1F)C(=O)NC(C)c1ccc(Cl)cc1Cl. The zero-order valence-corrected chi connectivity index (χ0v) is 18.9. The van der Waals surface area contributed by atoms with E-state index in [4.69, 9.17) is 27.9 Å². The van der Waals surface area contributed by atoms with Gasteiger partial charge >= 0.3 is 5.97 Å². The van der Waals surface area contributed by atoms with Gasteiger partial charge in [-0.2, -0.15) is 0 Å². The second-order valence-corrected chi connectivity index (χ2v) is 7.86. The summed E-state index contributed by atoms with van der Waals surface area (Å²) < 4.78 is 31.6. The fraction of sp³-hybridized carbons (Fsp3) is 0.318. The number of esters is 1. The van der Waals surface area contributed by atoms with Crippen LogP contribution in [0.1, 0.15) is 48.7 Å². The van der Waals surface area contributed by atoms with Crippen molar-refractivity contribution in [1.29, 1.82) is 0 Å². The number of carbonyl (C=O) groups is 3. The van der Waals surface area contributed by atoms with Gasteiger partial charge in [-0.1, -0.05) is 29.3 Å². The number of benzene rings is 2. The minimum Gasteiger partial charge on any atom is -0.453 e. The molecule has 6 nitrogen and oxygen atoms in total. The van der Waals surface area contributed by atoms with Crippen LogP contribution in [0, 0.1) is 11.6 Å². The van der Waals surface area contributed by atoms with Crippen molar-refractivity contribution in [3.8, 4) is 0 Å². The fourth-order valence-electron chi connectivity index (χ4n) is 2.77. The van der Waals surface area contributed by atoms with Crippen LogP contribution in [0.2, 0.25) is 10.0 Å². The number of hydrogen-bond donors (Lipinski definition) is 2. The van der Waals surface area contributed by atoms with Crippen LogP contribution in [0.4, 0.5) is 8.78 Å². The number of rotatable bonds is 9. The Morgan fingerprint density at radius 2 is 1.78 bits per heavy atom. The third-order valence-electron chi connectivity index (χ3n) is 4.48. The lowest BCUT2D eigenvalue weighted by atomic mass is 10.1. The van der Waals surface area contributed by atoms with Crippen molar-refractivity contribution in [1.82, 2.24) is 10.6 Å². The molecule has 32 heavy (non-hydrogen) atoms. The normalized spacial score (nSPS) is 12.6. The first-order chi connectivity index (χ1) is 15.1. The summed E-state index contributed by atoms with van der Waals surface area (Å²) in [6, 6.07) is 7.09. The minimum absolute atomic E-state index is 0.0669. The van der Waals surface area contributed by atoms with E-state index in [1.54, 1.807) is 25.1 Å². The maximum atomic E-state index is 13.6. The summed E-state index contributed by atoms with van der Waals surface area (Å²) in [5.74, 6) is -3.62. The second-order valence-electron chi connectivity index (χ2n) is 7.01. The van der Waals surface area contributed by atoms with E-state index in [9.17, 15) is 23.2 Å². The lowest BCUT2D eigenvalue weighted by Gasteiger charge is -2.19. The smallest absolute Gasteiger partial charge is 0.306 e. The summed E-state index contributed by atoms with van der Waals surface area (Å²) in [6.45, 7) is 3.23. The molecule has 0 saturated carbocycles. The predicted molar refractivity (Wildman–Crippen MR) is 116 cm³/mol. The van der Waals surface area contributed by atoms with Crippen molar-refractivity contribution in [2.24, 2.45) is 0 Å². The largest absolute Gasteiger partial charge is 0.453 e. The van der Waals surface area contributed by atoms with E-state index in [0.29, 0.717) is 21.7 Å². The van der Waals surface area contributed by atoms with Crippen molar-refractivity contribution in [3.05, 3.63) is 69.2 Å². The summed E-state index contributed by atoms with van der Waals surface area (Å²) in [7, 11) is 0. The maximum absolute atomic E-state index is 13.6. The molecule has 0 aliphatic rings. The highest BCUT2D eigenvalue weighted by molar-refractivity contribution is 6.35. The van der Waals surface area contributed by atoms with Gasteiger partial charge in [0.1, 0.15) is 11.6 Å². The van der Waals surface area contributed by atoms with Crippen LogP contribution < -0.4 is 10.6 Å². The average Bonchev–Trinajstić information content (AvgIpc) is 2.70. The number of ether oxygens (including phenoxy) is 1. The highest BCUT2D eigenvalue weighted by Crippen LogP contribution is 2.26. The van der Waals surface area contributed by atoms with Gasteiger partial charge in [0, 0.05) is 29.1 Å². The number of hydrogen-bond acceptors (Lipinski definition) is 4. The quantitative estimate of drug-likeness (QED) is 0.401. The highest BCUT2D eigenvalue weighted by Gasteiger charge is 2.21. The van der Waals surface area contributed by atoms with Gasteiger partial charge in [-0.15, -0.1) is 0 Å². The Morgan fingerprint density at radius 3 is 2.44 bits per heavy atom. The molecule has 0 aromatic heterocycles. The van der Waals surface area contributed by atoms with E-state index in [-0.39, 0.29) is 24.9 Å². The van der Waals surface area contributed by atoms with Crippen molar-refractivity contribution >= 4 is 41.0 Å². The molecule has 2 amide bonds. The number of amides is 2. The lowest BCUT2D eigenvalue weighted by Crippen LogP contribution is -2.37. The summed E-state index contributed by atoms with van der Waals surface area (Å²) in [4.78, 5) is 36.1. The van der Waals surface area contributed by atoms with Crippen LogP contribution in [0.15, 0.2) is 36.4 Å². The van der Waals surface area contributed by atoms with Crippen molar-refractivity contribution in [2.75, 3.05) is 6.54 Å². The van der Waals surface area contributed by atoms with Gasteiger partial charge in [-0.3, -0.25) is 14.4 Å². The van der Waals surface area contributed by atoms with Crippen molar-refractivity contribution in [3.63, 3.8) is 0 Å². The molecule has 0 saturated heterocycles. The van der Waals surface area contributed by atoms with E-state index >= 15 is 0 Å². The second kappa shape index (κ2) is 11.8. The zero-order chi connectivity index (χ0) is 23.8. The van der Waals surface area contributed by atoms with Gasteiger partial charge in [0.25, 0.3) is 11.8 Å². The molecule has 10 heteroatoms. The van der Waals surface area contributed by atoms with Gasteiger partial charge < -0.3 is 15.4 Å². The monoisotopic (exact) mass is 486 g/mol. The summed E-state index contributed by atoms with van der Waals surface area (Å²) in [5, 5.41) is 6.01. The molecule has 0 fully saturated rings. The van der Waals surface area contributed by atoms with E-state index in [1.807, 2.05) is 0 Å². The highest BCUT2D eigenvalue weighted by atomic mass is 35.5. The molecular formula is C22H22Cl2F2N2O4. The van der Waals surface area contributed by atoms with Crippen LogP contribution in [0.25, 0.3) is 0 Å². The molecule has 172 valence electrons. The minimum atomic E-state index is -1.04. The van der Waals surface area contributed by atoms with Crippen LogP contribution in [0.3, 0.4) is 0 Å². The van der Waals surface area contributed by atoms with Gasteiger partial charge in [0.2, 0.25) is 0 Å². The summed E-state index contributed by atoms with van der Waals surface area (Å²) in [5.41, 5.74) is 0.366. The first-order valence-electron chi connectivity index (χ1n) is 9.76. The Balaban J connectivity index is 1.73. The molecule has 2 unspecified atom stereocenters.